The number of carbonyl (C=O) groups excluding carboxylic acids is 2. The third-order valence-electron chi connectivity index (χ3n) is 7.90. The van der Waals surface area contributed by atoms with E-state index in [4.69, 9.17) is 28.7 Å². The quantitative estimate of drug-likeness (QED) is 0.189. The van der Waals surface area contributed by atoms with Crippen molar-refractivity contribution in [1.29, 1.82) is 0 Å². The Hall–Kier alpha value is -2.18. The fourth-order valence-corrected chi connectivity index (χ4v) is 5.16. The van der Waals surface area contributed by atoms with Gasteiger partial charge in [-0.1, -0.05) is 67.2 Å². The number of imidazole rings is 1. The first-order valence-corrected chi connectivity index (χ1v) is 16.9. The van der Waals surface area contributed by atoms with Gasteiger partial charge >= 0.3 is 0 Å². The summed E-state index contributed by atoms with van der Waals surface area (Å²) in [7, 11) is 0. The van der Waals surface area contributed by atoms with Crippen molar-refractivity contribution in [1.82, 2.24) is 14.9 Å². The predicted molar refractivity (Wildman–Crippen MR) is 169 cm³/mol. The molecule has 1 saturated heterocycles. The lowest BCUT2D eigenvalue weighted by atomic mass is 10.0. The Balaban J connectivity index is 2.02. The van der Waals surface area contributed by atoms with Crippen LogP contribution in [0.3, 0.4) is 0 Å². The lowest BCUT2D eigenvalue weighted by Gasteiger charge is -2.34. The number of amides is 1. The molecule has 0 aromatic carbocycles. The van der Waals surface area contributed by atoms with Crippen molar-refractivity contribution in [2.45, 2.75) is 136 Å². The van der Waals surface area contributed by atoms with Gasteiger partial charge in [-0.15, -0.1) is 0 Å². The van der Waals surface area contributed by atoms with E-state index in [0.29, 0.717) is 51.1 Å². The van der Waals surface area contributed by atoms with Gasteiger partial charge in [-0.2, -0.15) is 0 Å². The summed E-state index contributed by atoms with van der Waals surface area (Å²) in [6.45, 7) is 14.9. The maximum Gasteiger partial charge on any atom is 0.227 e. The zero-order valence-electron chi connectivity index (χ0n) is 27.8. The molecule has 0 spiro atoms. The van der Waals surface area contributed by atoms with Gasteiger partial charge in [0.05, 0.1) is 25.5 Å². The van der Waals surface area contributed by atoms with E-state index < -0.39 is 18.4 Å². The van der Waals surface area contributed by atoms with Crippen molar-refractivity contribution in [2.24, 2.45) is 10.9 Å². The van der Waals surface area contributed by atoms with Crippen LogP contribution in [0.25, 0.3) is 0 Å². The summed E-state index contributed by atoms with van der Waals surface area (Å²) in [5.74, 6) is 0.0567. The van der Waals surface area contributed by atoms with Crippen molar-refractivity contribution in [3.05, 3.63) is 12.0 Å². The summed E-state index contributed by atoms with van der Waals surface area (Å²) in [6.07, 6.45) is 7.67. The molecular formula is C33H56N4O7. The molecule has 0 bridgehead atoms. The minimum Gasteiger partial charge on any atom is -0.379 e. The second-order valence-electron chi connectivity index (χ2n) is 12.1. The normalized spacial score (nSPS) is 23.8. The third-order valence-corrected chi connectivity index (χ3v) is 7.90. The number of fused-ring (bicyclic) bond motifs is 1. The molecule has 11 heteroatoms. The van der Waals surface area contributed by atoms with E-state index in [1.54, 1.807) is 24.7 Å². The standard InChI is InChI=1S/C33H56N4O7/c1-7-11-15-40-21-26-31(43-18-14-10-4)30(42-17-13-9-3)25(41-16-12-8-2)20-28(44-26)37-22-34-29-24(38)19-27(35-32(29)37)36-33(39)23(5)6/h22-23,25-26,28,30-31H,7-21H2,1-6H3,(H,35,36,39)/t25-,26+,28?,30+,31+/m0/s1. The number of ether oxygens (including phenoxy) is 5. The Morgan fingerprint density at radius 1 is 0.955 bits per heavy atom. The number of nitrogens with one attached hydrogen (secondary N) is 1. The predicted octanol–water partition coefficient (Wildman–Crippen LogP) is 5.93. The highest BCUT2D eigenvalue weighted by Gasteiger charge is 2.45. The van der Waals surface area contributed by atoms with Crippen LogP contribution in [0, 0.1) is 5.92 Å². The molecule has 1 fully saturated rings. The molecule has 0 aliphatic carbocycles. The topological polar surface area (TPSA) is 123 Å². The number of aliphatic imine (C=N–C) groups is 1. The first-order chi connectivity index (χ1) is 21.3. The van der Waals surface area contributed by atoms with Gasteiger partial charge in [0.25, 0.3) is 0 Å². The second kappa shape index (κ2) is 19.4. The third kappa shape index (κ3) is 10.4. The van der Waals surface area contributed by atoms with Gasteiger partial charge in [0.15, 0.2) is 17.3 Å². The Labute approximate surface area is 263 Å². The van der Waals surface area contributed by atoms with Crippen LogP contribution < -0.4 is 5.32 Å². The molecular weight excluding hydrogens is 564 g/mol. The number of Topliss-reactive ketones (excluding diaryl/α,β-unsaturated/α-hetero) is 1. The largest absolute Gasteiger partial charge is 0.379 e. The van der Waals surface area contributed by atoms with Gasteiger partial charge in [-0.3, -0.25) is 14.2 Å². The molecule has 11 nitrogen and oxygen atoms in total. The van der Waals surface area contributed by atoms with E-state index in [2.05, 4.69) is 38.0 Å². The lowest BCUT2D eigenvalue weighted by molar-refractivity contribution is -0.176. The highest BCUT2D eigenvalue weighted by atomic mass is 16.6. The van der Waals surface area contributed by atoms with E-state index in [0.717, 1.165) is 51.4 Å². The van der Waals surface area contributed by atoms with Crippen LogP contribution in [-0.4, -0.2) is 84.5 Å². The van der Waals surface area contributed by atoms with Gasteiger partial charge in [0, 0.05) is 38.8 Å². The summed E-state index contributed by atoms with van der Waals surface area (Å²) in [4.78, 5) is 34.7. The molecule has 1 amide bonds. The van der Waals surface area contributed by atoms with Crippen molar-refractivity contribution in [3.8, 4) is 0 Å². The fraction of sp³-hybridized carbons (Fsp3) is 0.818. The minimum absolute atomic E-state index is 0.00860. The van der Waals surface area contributed by atoms with Crippen molar-refractivity contribution in [2.75, 3.05) is 33.0 Å². The maximum atomic E-state index is 13.1. The molecule has 0 radical (unpaired) electrons. The zero-order chi connectivity index (χ0) is 31.9. The monoisotopic (exact) mass is 620 g/mol. The van der Waals surface area contributed by atoms with E-state index in [-0.39, 0.29) is 41.9 Å². The van der Waals surface area contributed by atoms with Crippen LogP contribution in [0.1, 0.15) is 122 Å². The fourth-order valence-electron chi connectivity index (χ4n) is 5.16. The van der Waals surface area contributed by atoms with E-state index in [1.807, 2.05) is 0 Å². The smallest absolute Gasteiger partial charge is 0.227 e. The highest BCUT2D eigenvalue weighted by Crippen LogP contribution is 2.37. The van der Waals surface area contributed by atoms with E-state index in [9.17, 15) is 9.59 Å². The number of hydrogen-bond acceptors (Lipinski definition) is 9. The molecule has 1 unspecified atom stereocenters. The summed E-state index contributed by atoms with van der Waals surface area (Å²) >= 11 is 0. The number of rotatable bonds is 19. The summed E-state index contributed by atoms with van der Waals surface area (Å²) < 4.78 is 34.5. The Kier molecular flexibility index (Phi) is 16.0. The van der Waals surface area contributed by atoms with Crippen LogP contribution >= 0.6 is 0 Å². The number of hydrogen-bond donors (Lipinski definition) is 1. The maximum absolute atomic E-state index is 13.1. The van der Waals surface area contributed by atoms with Gasteiger partial charge in [-0.25, -0.2) is 9.98 Å². The number of nitrogens with zero attached hydrogens (tertiary/aromatic N) is 3. The summed E-state index contributed by atoms with van der Waals surface area (Å²) in [6, 6.07) is 0. The molecule has 44 heavy (non-hydrogen) atoms. The zero-order valence-corrected chi connectivity index (χ0v) is 27.8. The second-order valence-corrected chi connectivity index (χ2v) is 12.1. The molecule has 2 aliphatic rings. The van der Waals surface area contributed by atoms with Crippen LogP contribution in [0.5, 0.6) is 0 Å². The molecule has 1 N–H and O–H groups in total. The Morgan fingerprint density at radius 2 is 1.57 bits per heavy atom. The molecule has 1 aromatic heterocycles. The van der Waals surface area contributed by atoms with Crippen molar-refractivity contribution in [3.63, 3.8) is 0 Å². The molecule has 2 aliphatic heterocycles. The summed E-state index contributed by atoms with van der Waals surface area (Å²) in [5, 5.41) is 2.81. The minimum atomic E-state index is -0.577. The van der Waals surface area contributed by atoms with Crippen LogP contribution in [0.4, 0.5) is 5.82 Å². The average Bonchev–Trinajstić information content (AvgIpc) is 3.37. The Bertz CT molecular complexity index is 1040. The van der Waals surface area contributed by atoms with E-state index in [1.165, 1.54) is 0 Å². The average molecular weight is 621 g/mol. The summed E-state index contributed by atoms with van der Waals surface area (Å²) in [5.41, 5.74) is 0.270. The lowest BCUT2D eigenvalue weighted by Crippen LogP contribution is -2.49. The molecule has 5 atom stereocenters. The number of amidine groups is 1. The van der Waals surface area contributed by atoms with Crippen molar-refractivity contribution < 1.29 is 33.3 Å². The number of ketones is 1. The SMILES string of the molecule is CCCCOC[C@H]1OC(n2cnc3c2N=C(NC(=O)C(C)C)CC3=O)C[C@H](OCCCC)[C@@H](OCCCC)[C@@H]1OCCCC. The van der Waals surface area contributed by atoms with Crippen LogP contribution in [0.15, 0.2) is 11.3 Å². The van der Waals surface area contributed by atoms with Gasteiger partial charge in [0.1, 0.15) is 30.4 Å². The van der Waals surface area contributed by atoms with Crippen molar-refractivity contribution >= 4 is 23.3 Å². The number of carbonyl (C=O) groups is 2. The van der Waals surface area contributed by atoms with Gasteiger partial charge in [-0.05, 0) is 25.7 Å². The molecule has 0 saturated carbocycles. The van der Waals surface area contributed by atoms with Gasteiger partial charge in [0.2, 0.25) is 5.91 Å². The Morgan fingerprint density at radius 3 is 2.20 bits per heavy atom. The highest BCUT2D eigenvalue weighted by molar-refractivity contribution is 6.16. The molecule has 3 heterocycles. The van der Waals surface area contributed by atoms with Gasteiger partial charge < -0.3 is 29.0 Å². The molecule has 1 aromatic rings. The number of unbranched alkanes of at least 4 members (excludes halogenated alkanes) is 4. The van der Waals surface area contributed by atoms with E-state index >= 15 is 0 Å². The van der Waals surface area contributed by atoms with Crippen LogP contribution in [0.2, 0.25) is 0 Å². The molecule has 250 valence electrons. The first kappa shape index (κ1) is 36.3. The molecule has 3 rings (SSSR count). The number of aromatic nitrogens is 2. The van der Waals surface area contributed by atoms with Crippen LogP contribution in [-0.2, 0) is 28.5 Å². The first-order valence-electron chi connectivity index (χ1n) is 16.9.